The van der Waals surface area contributed by atoms with Gasteiger partial charge in [-0.1, -0.05) is 11.6 Å². The Hall–Kier alpha value is -1.31. The Morgan fingerprint density at radius 1 is 1.39 bits per heavy atom. The highest BCUT2D eigenvalue weighted by Gasteiger charge is 2.29. The maximum Gasteiger partial charge on any atom is 0.275 e. The van der Waals surface area contributed by atoms with Gasteiger partial charge in [0.25, 0.3) is 5.91 Å². The number of hydrogen-bond acceptors (Lipinski definition) is 4. The first-order chi connectivity index (χ1) is 10.8. The predicted molar refractivity (Wildman–Crippen MR) is 88.8 cm³/mol. The number of quaternary nitrogens is 1. The summed E-state index contributed by atoms with van der Waals surface area (Å²) in [7, 11) is -1.07. The van der Waals surface area contributed by atoms with Crippen LogP contribution in [-0.4, -0.2) is 58.6 Å². The minimum atomic E-state index is -2.97. The maximum absolute atomic E-state index is 11.9. The molecule has 8 heteroatoms. The Labute approximate surface area is 141 Å². The van der Waals surface area contributed by atoms with Crippen molar-refractivity contribution in [1.82, 2.24) is 5.32 Å². The molecule has 0 aromatic heterocycles. The topological polar surface area (TPSA) is 76.9 Å². The molecule has 6 nitrogen and oxygen atoms in total. The van der Waals surface area contributed by atoms with Crippen molar-refractivity contribution in [3.05, 3.63) is 29.3 Å². The number of rotatable bonds is 7. The van der Waals surface area contributed by atoms with Gasteiger partial charge in [0.05, 0.1) is 18.6 Å². The van der Waals surface area contributed by atoms with Crippen LogP contribution in [0.2, 0.25) is 5.02 Å². The SMILES string of the molecule is C[NH+](CCOc1ccc(Cl)cc1)CC(=O)N[C@H]1CCS(=O)(=O)C1. The maximum atomic E-state index is 11.9. The third-order valence-electron chi connectivity index (χ3n) is 3.67. The van der Waals surface area contributed by atoms with Crippen LogP contribution >= 0.6 is 11.6 Å². The Morgan fingerprint density at radius 2 is 2.09 bits per heavy atom. The molecule has 1 heterocycles. The molecule has 1 aromatic carbocycles. The van der Waals surface area contributed by atoms with Gasteiger partial charge in [0.15, 0.2) is 16.4 Å². The van der Waals surface area contributed by atoms with Crippen LogP contribution in [0.3, 0.4) is 0 Å². The minimum absolute atomic E-state index is 0.0530. The second-order valence-electron chi connectivity index (χ2n) is 5.85. The van der Waals surface area contributed by atoms with Crippen LogP contribution < -0.4 is 15.0 Å². The lowest BCUT2D eigenvalue weighted by molar-refractivity contribution is -0.871. The fourth-order valence-corrected chi connectivity index (χ4v) is 4.22. The molecular weight excluding hydrogens is 340 g/mol. The highest BCUT2D eigenvalue weighted by Crippen LogP contribution is 2.15. The lowest BCUT2D eigenvalue weighted by Crippen LogP contribution is -3.10. The van der Waals surface area contributed by atoms with Gasteiger partial charge in [-0.05, 0) is 30.7 Å². The molecule has 0 spiro atoms. The Balaban J connectivity index is 1.65. The molecular formula is C15H22ClN2O4S+. The molecule has 0 bridgehead atoms. The van der Waals surface area contributed by atoms with Crippen molar-refractivity contribution >= 4 is 27.3 Å². The number of halogens is 1. The first-order valence-corrected chi connectivity index (χ1v) is 9.73. The van der Waals surface area contributed by atoms with Gasteiger partial charge < -0.3 is 15.0 Å². The number of amides is 1. The van der Waals surface area contributed by atoms with Crippen LogP contribution in [0, 0.1) is 0 Å². The number of ether oxygens (including phenoxy) is 1. The van der Waals surface area contributed by atoms with Gasteiger partial charge in [0.1, 0.15) is 18.9 Å². The Morgan fingerprint density at radius 3 is 2.70 bits per heavy atom. The number of nitrogens with one attached hydrogen (secondary N) is 2. The molecule has 0 aliphatic carbocycles. The molecule has 1 amide bonds. The van der Waals surface area contributed by atoms with Crippen molar-refractivity contribution in [3.8, 4) is 5.75 Å². The van der Waals surface area contributed by atoms with Crippen LogP contribution in [0.4, 0.5) is 0 Å². The number of benzene rings is 1. The molecule has 1 fully saturated rings. The van der Waals surface area contributed by atoms with Crippen molar-refractivity contribution in [3.63, 3.8) is 0 Å². The summed E-state index contributed by atoms with van der Waals surface area (Å²) in [6.07, 6.45) is 0.507. The largest absolute Gasteiger partial charge is 0.488 e. The highest BCUT2D eigenvalue weighted by molar-refractivity contribution is 7.91. The quantitative estimate of drug-likeness (QED) is 0.689. The smallest absolute Gasteiger partial charge is 0.275 e. The van der Waals surface area contributed by atoms with E-state index in [1.807, 2.05) is 7.05 Å². The summed E-state index contributed by atoms with van der Waals surface area (Å²) in [5.74, 6) is 0.825. The number of likely N-dealkylation sites (N-methyl/N-ethyl adjacent to an activating group) is 1. The second-order valence-corrected chi connectivity index (χ2v) is 8.52. The summed E-state index contributed by atoms with van der Waals surface area (Å²) in [6.45, 7) is 1.44. The van der Waals surface area contributed by atoms with E-state index in [1.165, 1.54) is 0 Å². The van der Waals surface area contributed by atoms with Crippen molar-refractivity contribution in [2.45, 2.75) is 12.5 Å². The molecule has 23 heavy (non-hydrogen) atoms. The van der Waals surface area contributed by atoms with Gasteiger partial charge in [-0.25, -0.2) is 8.42 Å². The monoisotopic (exact) mass is 361 g/mol. The molecule has 2 atom stereocenters. The zero-order valence-electron chi connectivity index (χ0n) is 13.0. The zero-order chi connectivity index (χ0) is 16.9. The minimum Gasteiger partial charge on any atom is -0.488 e. The lowest BCUT2D eigenvalue weighted by Gasteiger charge is -2.16. The first kappa shape index (κ1) is 18.0. The summed E-state index contributed by atoms with van der Waals surface area (Å²) in [5.41, 5.74) is 0. The summed E-state index contributed by atoms with van der Waals surface area (Å²) >= 11 is 5.80. The van der Waals surface area contributed by atoms with E-state index < -0.39 is 9.84 Å². The average Bonchev–Trinajstić information content (AvgIpc) is 2.79. The number of carbonyl (C=O) groups excluding carboxylic acids is 1. The standard InChI is InChI=1S/C15H21ClN2O4S/c1-18(7-8-22-14-4-2-12(16)3-5-14)10-15(19)17-13-6-9-23(20,21)11-13/h2-5,13H,6-11H2,1H3,(H,17,19)/p+1/t13-/m0/s1. The van der Waals surface area contributed by atoms with Crippen LogP contribution in [0.1, 0.15) is 6.42 Å². The van der Waals surface area contributed by atoms with E-state index in [4.69, 9.17) is 16.3 Å². The summed E-state index contributed by atoms with van der Waals surface area (Å²) in [6, 6.07) is 6.87. The van der Waals surface area contributed by atoms with Crippen LogP contribution in [-0.2, 0) is 14.6 Å². The molecule has 128 valence electrons. The molecule has 2 N–H and O–H groups in total. The fourth-order valence-electron chi connectivity index (χ4n) is 2.42. The van der Waals surface area contributed by atoms with Gasteiger partial charge in [-0.2, -0.15) is 0 Å². The average molecular weight is 362 g/mol. The second kappa shape index (κ2) is 7.99. The number of hydrogen-bond donors (Lipinski definition) is 2. The van der Waals surface area contributed by atoms with Crippen molar-refractivity contribution in [2.24, 2.45) is 0 Å². The van der Waals surface area contributed by atoms with Gasteiger partial charge in [0.2, 0.25) is 0 Å². The summed E-state index contributed by atoms with van der Waals surface area (Å²) in [5, 5.41) is 3.44. The van der Waals surface area contributed by atoms with E-state index in [2.05, 4.69) is 5.32 Å². The highest BCUT2D eigenvalue weighted by atomic mass is 35.5. The Kier molecular flexibility index (Phi) is 6.26. The van der Waals surface area contributed by atoms with E-state index in [0.29, 0.717) is 31.1 Å². The molecule has 1 unspecified atom stereocenters. The van der Waals surface area contributed by atoms with Gasteiger partial charge in [-0.3, -0.25) is 4.79 Å². The molecule has 0 saturated carbocycles. The summed E-state index contributed by atoms with van der Waals surface area (Å²) < 4.78 is 28.3. The van der Waals surface area contributed by atoms with Gasteiger partial charge in [0, 0.05) is 11.1 Å². The fraction of sp³-hybridized carbons (Fsp3) is 0.533. The van der Waals surface area contributed by atoms with E-state index in [0.717, 1.165) is 10.6 Å². The van der Waals surface area contributed by atoms with Crippen LogP contribution in [0.25, 0.3) is 0 Å². The molecule has 1 aromatic rings. The van der Waals surface area contributed by atoms with Gasteiger partial charge in [-0.15, -0.1) is 0 Å². The molecule has 1 aliphatic heterocycles. The van der Waals surface area contributed by atoms with Crippen LogP contribution in [0.15, 0.2) is 24.3 Å². The molecule has 2 rings (SSSR count). The number of carbonyl (C=O) groups is 1. The van der Waals surface area contributed by atoms with Crippen molar-refractivity contribution in [1.29, 1.82) is 0 Å². The van der Waals surface area contributed by atoms with Crippen molar-refractivity contribution < 1.29 is 22.8 Å². The van der Waals surface area contributed by atoms with E-state index in [-0.39, 0.29) is 23.5 Å². The van der Waals surface area contributed by atoms with E-state index in [1.54, 1.807) is 24.3 Å². The van der Waals surface area contributed by atoms with Crippen molar-refractivity contribution in [2.75, 3.05) is 38.2 Å². The molecule has 0 radical (unpaired) electrons. The van der Waals surface area contributed by atoms with Crippen LogP contribution in [0.5, 0.6) is 5.75 Å². The molecule has 1 aliphatic rings. The Bertz CT molecular complexity index is 633. The number of sulfone groups is 1. The molecule has 1 saturated heterocycles. The van der Waals surface area contributed by atoms with E-state index in [9.17, 15) is 13.2 Å². The predicted octanol–water partition coefficient (Wildman–Crippen LogP) is -0.463. The third-order valence-corrected chi connectivity index (χ3v) is 5.69. The zero-order valence-corrected chi connectivity index (χ0v) is 14.6. The normalized spacial score (nSPS) is 20.9. The lowest BCUT2D eigenvalue weighted by atomic mass is 10.2. The van der Waals surface area contributed by atoms with Gasteiger partial charge >= 0.3 is 0 Å². The third kappa shape index (κ3) is 6.37. The first-order valence-electron chi connectivity index (χ1n) is 7.53. The summed E-state index contributed by atoms with van der Waals surface area (Å²) in [4.78, 5) is 12.9. The van der Waals surface area contributed by atoms with E-state index >= 15 is 0 Å².